The molecule has 4 aromatic carbocycles. The summed E-state index contributed by atoms with van der Waals surface area (Å²) >= 11 is 0. The van der Waals surface area contributed by atoms with Crippen molar-refractivity contribution in [3.63, 3.8) is 0 Å². The predicted octanol–water partition coefficient (Wildman–Crippen LogP) is 6.62. The van der Waals surface area contributed by atoms with E-state index in [0.717, 1.165) is 11.1 Å². The molecule has 0 aromatic heterocycles. The van der Waals surface area contributed by atoms with Crippen molar-refractivity contribution in [1.82, 2.24) is 0 Å². The molecule has 0 radical (unpaired) electrons. The molecule has 4 aromatic rings. The van der Waals surface area contributed by atoms with Crippen LogP contribution in [0.5, 0.6) is 0 Å². The zero-order valence-electron chi connectivity index (χ0n) is 25.5. The molecule has 6 rings (SSSR count). The van der Waals surface area contributed by atoms with Crippen molar-refractivity contribution < 1.29 is 23.4 Å². The van der Waals surface area contributed by atoms with Crippen LogP contribution in [0.2, 0.25) is 5.04 Å². The number of ether oxygens (including phenoxy) is 4. The third-order valence-electron chi connectivity index (χ3n) is 8.74. The maximum Gasteiger partial charge on any atom is 0.264 e. The maximum atomic E-state index is 7.53. The van der Waals surface area contributed by atoms with E-state index in [2.05, 4.69) is 100 Å². The lowest BCUT2D eigenvalue weighted by Gasteiger charge is -2.52. The molecule has 2 fully saturated rings. The van der Waals surface area contributed by atoms with Gasteiger partial charge in [-0.3, -0.25) is 0 Å². The summed E-state index contributed by atoms with van der Waals surface area (Å²) in [6.07, 6.45) is -1.92. The molecule has 6 heteroatoms. The van der Waals surface area contributed by atoms with Crippen LogP contribution in [0.1, 0.15) is 45.1 Å². The summed E-state index contributed by atoms with van der Waals surface area (Å²) in [6, 6.07) is 41.7. The molecule has 0 aliphatic carbocycles. The highest BCUT2D eigenvalue weighted by atomic mass is 28.4. The second kappa shape index (κ2) is 12.9. The average Bonchev–Trinajstić information content (AvgIpc) is 3.04. The molecule has 2 aliphatic heterocycles. The summed E-state index contributed by atoms with van der Waals surface area (Å²) in [5.74, 6) is -0.0132. The van der Waals surface area contributed by atoms with E-state index in [-0.39, 0.29) is 29.3 Å². The van der Waals surface area contributed by atoms with E-state index in [1.54, 1.807) is 0 Å². The molecular weight excluding hydrogens is 552 g/mol. The molecule has 0 spiro atoms. The molecule has 43 heavy (non-hydrogen) atoms. The Balaban J connectivity index is 1.38. The van der Waals surface area contributed by atoms with E-state index in [1.807, 2.05) is 48.5 Å². The molecule has 5 nitrogen and oxygen atoms in total. The maximum absolute atomic E-state index is 7.53. The average molecular weight is 595 g/mol. The van der Waals surface area contributed by atoms with Gasteiger partial charge >= 0.3 is 0 Å². The van der Waals surface area contributed by atoms with Gasteiger partial charge < -0.3 is 23.4 Å². The van der Waals surface area contributed by atoms with E-state index < -0.39 is 20.9 Å². The second-order valence-electron chi connectivity index (χ2n) is 12.6. The Hall–Kier alpha value is -3.10. The number of hydrogen-bond donors (Lipinski definition) is 0. The summed E-state index contributed by atoms with van der Waals surface area (Å²) in [5.41, 5.74) is 2.11. The van der Waals surface area contributed by atoms with Crippen LogP contribution in [0.15, 0.2) is 121 Å². The van der Waals surface area contributed by atoms with E-state index in [0.29, 0.717) is 13.2 Å². The summed E-state index contributed by atoms with van der Waals surface area (Å²) < 4.78 is 34.0. The predicted molar refractivity (Wildman–Crippen MR) is 172 cm³/mol. The third kappa shape index (κ3) is 6.14. The van der Waals surface area contributed by atoms with Gasteiger partial charge in [-0.25, -0.2) is 0 Å². The Labute approximate surface area is 256 Å². The van der Waals surface area contributed by atoms with E-state index in [4.69, 9.17) is 23.4 Å². The molecule has 0 N–H and O–H groups in total. The van der Waals surface area contributed by atoms with Crippen LogP contribution in [0.25, 0.3) is 0 Å². The van der Waals surface area contributed by atoms with E-state index >= 15 is 0 Å². The van der Waals surface area contributed by atoms with Crippen LogP contribution >= 0.6 is 0 Å². The highest BCUT2D eigenvalue weighted by molar-refractivity contribution is 6.99. The summed E-state index contributed by atoms with van der Waals surface area (Å²) in [7, 11) is -2.93. The summed E-state index contributed by atoms with van der Waals surface area (Å²) in [4.78, 5) is 0. The molecule has 6 atom stereocenters. The number of fused-ring (bicyclic) bond motifs is 1. The highest BCUT2D eigenvalue weighted by Gasteiger charge is 2.56. The SMILES string of the molecule is C[C@@H]1C(OCc2ccccc2)[C@H](O[Si](c2ccccc2)(c2ccccc2)C(C)(C)C)OC2COC(c3ccccc3)O[C@H]21. The topological polar surface area (TPSA) is 46.2 Å². The highest BCUT2D eigenvalue weighted by Crippen LogP contribution is 2.43. The molecule has 0 bridgehead atoms. The molecule has 0 amide bonds. The molecule has 3 unspecified atom stereocenters. The first-order valence-electron chi connectivity index (χ1n) is 15.3. The fourth-order valence-corrected chi connectivity index (χ4v) is 11.1. The Bertz CT molecular complexity index is 1390. The van der Waals surface area contributed by atoms with Crippen LogP contribution < -0.4 is 10.4 Å². The normalized spacial score (nSPS) is 26.0. The monoisotopic (exact) mass is 594 g/mol. The first-order valence-corrected chi connectivity index (χ1v) is 17.2. The van der Waals surface area contributed by atoms with Crippen LogP contribution in [0.4, 0.5) is 0 Å². The van der Waals surface area contributed by atoms with Crippen molar-refractivity contribution in [2.24, 2.45) is 5.92 Å². The number of rotatable bonds is 8. The van der Waals surface area contributed by atoms with Gasteiger partial charge in [0, 0.05) is 11.5 Å². The van der Waals surface area contributed by atoms with Crippen molar-refractivity contribution in [3.8, 4) is 0 Å². The van der Waals surface area contributed by atoms with Crippen molar-refractivity contribution >= 4 is 18.7 Å². The zero-order valence-corrected chi connectivity index (χ0v) is 26.5. The molecule has 2 saturated heterocycles. The Morgan fingerprint density at radius 2 is 1.26 bits per heavy atom. The lowest BCUT2D eigenvalue weighted by Crippen LogP contribution is -2.70. The summed E-state index contributed by atoms with van der Waals surface area (Å²) in [5, 5.41) is 2.20. The van der Waals surface area contributed by atoms with Crippen molar-refractivity contribution in [2.75, 3.05) is 6.61 Å². The van der Waals surface area contributed by atoms with Crippen molar-refractivity contribution in [2.45, 2.75) is 70.2 Å². The van der Waals surface area contributed by atoms with Gasteiger partial charge in [0.15, 0.2) is 12.6 Å². The van der Waals surface area contributed by atoms with Gasteiger partial charge in [0.2, 0.25) is 0 Å². The lowest BCUT2D eigenvalue weighted by molar-refractivity contribution is -0.346. The van der Waals surface area contributed by atoms with Gasteiger partial charge in [-0.05, 0) is 21.0 Å². The van der Waals surface area contributed by atoms with E-state index in [9.17, 15) is 0 Å². The largest absolute Gasteiger partial charge is 0.381 e. The second-order valence-corrected chi connectivity index (χ2v) is 16.9. The van der Waals surface area contributed by atoms with Gasteiger partial charge in [0.1, 0.15) is 12.2 Å². The standard InChI is InChI=1S/C37H42O5Si/c1-27-33-32(26-39-35(41-33)29-19-11-6-12-20-29)40-36(34(27)38-25-28-17-9-5-10-18-28)42-43(37(2,3)4,30-21-13-7-14-22-30)31-23-15-8-16-24-31/h5-24,27,32-36H,25-26H2,1-4H3/t27-,32?,33-,34?,35?,36-/m0/s1. The van der Waals surface area contributed by atoms with Crippen LogP contribution in [-0.4, -0.2) is 39.5 Å². The summed E-state index contributed by atoms with van der Waals surface area (Å²) in [6.45, 7) is 9.92. The minimum Gasteiger partial charge on any atom is -0.381 e. The van der Waals surface area contributed by atoms with Gasteiger partial charge in [-0.2, -0.15) is 0 Å². The fourth-order valence-electron chi connectivity index (χ4n) is 6.55. The first kappa shape index (κ1) is 29.9. The number of benzene rings is 4. The Morgan fingerprint density at radius 3 is 1.81 bits per heavy atom. The van der Waals surface area contributed by atoms with Gasteiger partial charge in [0.05, 0.1) is 19.3 Å². The Morgan fingerprint density at radius 1 is 0.721 bits per heavy atom. The lowest BCUT2D eigenvalue weighted by atomic mass is 9.89. The van der Waals surface area contributed by atoms with Crippen molar-refractivity contribution in [1.29, 1.82) is 0 Å². The smallest absolute Gasteiger partial charge is 0.264 e. The molecule has 2 heterocycles. The van der Waals surface area contributed by atoms with Crippen LogP contribution in [-0.2, 0) is 30.0 Å². The minimum absolute atomic E-state index is 0.0132. The van der Waals surface area contributed by atoms with E-state index in [1.165, 1.54) is 10.4 Å². The molecular formula is C37H42O5Si. The first-order chi connectivity index (χ1) is 20.9. The molecule has 224 valence electrons. The molecule has 2 aliphatic rings. The van der Waals surface area contributed by atoms with Crippen molar-refractivity contribution in [3.05, 3.63) is 132 Å². The van der Waals surface area contributed by atoms with Crippen LogP contribution in [0, 0.1) is 5.92 Å². The quantitative estimate of drug-likeness (QED) is 0.215. The van der Waals surface area contributed by atoms with Gasteiger partial charge in [-0.15, -0.1) is 0 Å². The zero-order chi connectivity index (χ0) is 29.9. The third-order valence-corrected chi connectivity index (χ3v) is 13.7. The molecule has 0 saturated carbocycles. The van der Waals surface area contributed by atoms with Gasteiger partial charge in [-0.1, -0.05) is 149 Å². The fraction of sp³-hybridized carbons (Fsp3) is 0.351. The van der Waals surface area contributed by atoms with Gasteiger partial charge in [0.25, 0.3) is 8.32 Å². The number of hydrogen-bond acceptors (Lipinski definition) is 5. The minimum atomic E-state index is -2.93. The van der Waals surface area contributed by atoms with Crippen LogP contribution in [0.3, 0.4) is 0 Å². The Kier molecular flexibility index (Phi) is 8.96.